The number of benzene rings is 9. The molecular weight excluding hydrogens is 771 g/mol. The molecule has 0 spiro atoms. The number of hydrogen-bond donors (Lipinski definition) is 0. The van der Waals surface area contributed by atoms with Crippen LogP contribution in [0, 0.1) is 0 Å². The third kappa shape index (κ3) is 6.86. The van der Waals surface area contributed by atoms with Crippen molar-refractivity contribution in [2.24, 2.45) is 0 Å². The molecule has 0 N–H and O–H groups in total. The molecule has 0 saturated heterocycles. The van der Waals surface area contributed by atoms with Gasteiger partial charge in [0.25, 0.3) is 0 Å². The predicted molar refractivity (Wildman–Crippen MR) is 256 cm³/mol. The van der Waals surface area contributed by atoms with Crippen molar-refractivity contribution in [1.82, 2.24) is 24.9 Å². The second-order valence-corrected chi connectivity index (χ2v) is 15.7. The van der Waals surface area contributed by atoms with Gasteiger partial charge in [0, 0.05) is 33.5 Å². The van der Waals surface area contributed by atoms with Gasteiger partial charge in [-0.1, -0.05) is 164 Å². The average Bonchev–Trinajstić information content (AvgIpc) is 3.72. The Bertz CT molecular complexity index is 3680. The molecule has 0 fully saturated rings. The lowest BCUT2D eigenvalue weighted by Crippen LogP contribution is -2.00. The fourth-order valence-electron chi connectivity index (χ4n) is 8.46. The first-order chi connectivity index (χ1) is 31.1. The van der Waals surface area contributed by atoms with Crippen LogP contribution in [-0.2, 0) is 0 Å². The molecule has 12 aromatic rings. The number of para-hydroxylation sites is 1. The molecule has 0 aliphatic heterocycles. The van der Waals surface area contributed by atoms with Crippen LogP contribution in [-0.4, -0.2) is 24.9 Å². The number of hydrogen-bond acceptors (Lipinski definition) is 6. The van der Waals surface area contributed by atoms with E-state index in [1.54, 1.807) is 0 Å². The molecule has 0 aliphatic carbocycles. The minimum atomic E-state index is 0.618. The van der Waals surface area contributed by atoms with E-state index >= 15 is 0 Å². The summed E-state index contributed by atoms with van der Waals surface area (Å²) in [6, 6.07) is 73.2. The van der Waals surface area contributed by atoms with Crippen LogP contribution in [0.4, 0.5) is 0 Å². The Hall–Kier alpha value is -8.61. The van der Waals surface area contributed by atoms with Gasteiger partial charge in [-0.05, 0) is 87.0 Å². The van der Waals surface area contributed by atoms with Crippen molar-refractivity contribution in [2.45, 2.75) is 0 Å². The van der Waals surface area contributed by atoms with Gasteiger partial charge in [-0.15, -0.1) is 0 Å². The van der Waals surface area contributed by atoms with E-state index in [-0.39, 0.29) is 0 Å². The molecule has 0 saturated carbocycles. The first-order valence-electron chi connectivity index (χ1n) is 21.0. The number of fused-ring (bicyclic) bond motifs is 5. The van der Waals surface area contributed by atoms with Gasteiger partial charge in [-0.25, -0.2) is 24.9 Å². The molecule has 12 rings (SSSR count). The smallest absolute Gasteiger partial charge is 0.164 e. The maximum atomic E-state index is 6.16. The second kappa shape index (κ2) is 15.1. The summed E-state index contributed by atoms with van der Waals surface area (Å²) in [7, 11) is 0. The summed E-state index contributed by atoms with van der Waals surface area (Å²) in [5.41, 5.74) is 16.7. The highest BCUT2D eigenvalue weighted by atomic mass is 16.3. The summed E-state index contributed by atoms with van der Waals surface area (Å²) >= 11 is 0. The fourth-order valence-corrected chi connectivity index (χ4v) is 8.46. The maximum absolute atomic E-state index is 6.16. The fraction of sp³-hybridized carbons (Fsp3) is 0. The van der Waals surface area contributed by atoms with Crippen LogP contribution in [0.2, 0.25) is 0 Å². The van der Waals surface area contributed by atoms with E-state index in [4.69, 9.17) is 29.3 Å². The van der Waals surface area contributed by atoms with E-state index < -0.39 is 0 Å². The van der Waals surface area contributed by atoms with Crippen LogP contribution in [0.1, 0.15) is 0 Å². The van der Waals surface area contributed by atoms with Gasteiger partial charge in [-0.3, -0.25) is 0 Å². The Morgan fingerprint density at radius 2 is 0.635 bits per heavy atom. The molecule has 0 radical (unpaired) electrons. The van der Waals surface area contributed by atoms with E-state index in [9.17, 15) is 0 Å². The topological polar surface area (TPSA) is 77.6 Å². The zero-order valence-electron chi connectivity index (χ0n) is 33.9. The summed E-state index contributed by atoms with van der Waals surface area (Å²) in [6.45, 7) is 0. The van der Waals surface area contributed by atoms with Crippen molar-refractivity contribution < 1.29 is 4.42 Å². The van der Waals surface area contributed by atoms with Gasteiger partial charge < -0.3 is 4.42 Å². The number of aromatic nitrogens is 5. The SMILES string of the molecule is c1ccc(-c2ccc(-c3nc(-c4ccccc4)nc(-c4cccc(-c5cccc(-c6cccc(-c7ccc8nc9cc%10c(cc9nc8c7)oc7ccccc7%10)c6)c5)c4)n3)cc2)cc1. The summed E-state index contributed by atoms with van der Waals surface area (Å²) in [6.07, 6.45) is 0. The molecule has 0 aliphatic rings. The molecule has 0 amide bonds. The Kier molecular flexibility index (Phi) is 8.71. The standard InChI is InChI=1S/C57H35N5O/c1-3-12-36(13-4-1)37-24-26-39(27-25-37)56-60-55(38-14-5-2-6-15-38)61-57(62-56)46-21-11-20-44(32-46)42-18-9-16-40(30-42)41-17-10-19-43(31-41)45-28-29-49-50(33-45)59-52-35-54-48(34-51(52)58-49)47-22-7-8-23-53(47)63-54/h1-35H. The normalized spacial score (nSPS) is 11.5. The molecule has 3 heterocycles. The highest BCUT2D eigenvalue weighted by Crippen LogP contribution is 2.35. The molecule has 6 heteroatoms. The molecule has 0 atom stereocenters. The maximum Gasteiger partial charge on any atom is 0.164 e. The molecule has 0 bridgehead atoms. The third-order valence-corrected chi connectivity index (χ3v) is 11.7. The molecule has 3 aromatic heterocycles. The van der Waals surface area contributed by atoms with E-state index in [0.29, 0.717) is 17.5 Å². The second-order valence-electron chi connectivity index (χ2n) is 15.7. The number of nitrogens with zero attached hydrogens (tertiary/aromatic N) is 5. The van der Waals surface area contributed by atoms with Crippen LogP contribution < -0.4 is 0 Å². The Morgan fingerprint density at radius 1 is 0.222 bits per heavy atom. The molecule has 0 unspecified atom stereocenters. The van der Waals surface area contributed by atoms with Crippen molar-refractivity contribution in [2.75, 3.05) is 0 Å². The minimum Gasteiger partial charge on any atom is -0.456 e. The van der Waals surface area contributed by atoms with Gasteiger partial charge in [0.15, 0.2) is 17.5 Å². The first-order valence-corrected chi connectivity index (χ1v) is 21.0. The van der Waals surface area contributed by atoms with Crippen LogP contribution in [0.3, 0.4) is 0 Å². The van der Waals surface area contributed by atoms with Gasteiger partial charge >= 0.3 is 0 Å². The van der Waals surface area contributed by atoms with E-state index in [1.165, 1.54) is 5.56 Å². The van der Waals surface area contributed by atoms with Gasteiger partial charge in [0.05, 0.1) is 22.1 Å². The Morgan fingerprint density at radius 3 is 1.29 bits per heavy atom. The summed E-state index contributed by atoms with van der Waals surface area (Å²) < 4.78 is 6.16. The Balaban J connectivity index is 0.865. The lowest BCUT2D eigenvalue weighted by Gasteiger charge is -2.11. The number of rotatable bonds is 7. The van der Waals surface area contributed by atoms with Crippen molar-refractivity contribution in [1.29, 1.82) is 0 Å². The van der Waals surface area contributed by atoms with Crippen molar-refractivity contribution in [3.63, 3.8) is 0 Å². The third-order valence-electron chi connectivity index (χ3n) is 11.7. The minimum absolute atomic E-state index is 0.618. The average molecular weight is 806 g/mol. The lowest BCUT2D eigenvalue weighted by molar-refractivity contribution is 0.669. The summed E-state index contributed by atoms with van der Waals surface area (Å²) in [5.74, 6) is 1.88. The molecule has 294 valence electrons. The molecule has 6 nitrogen and oxygen atoms in total. The highest BCUT2D eigenvalue weighted by Gasteiger charge is 2.15. The molecule has 9 aromatic carbocycles. The lowest BCUT2D eigenvalue weighted by atomic mass is 9.95. The first kappa shape index (κ1) is 36.3. The predicted octanol–water partition coefficient (Wildman–Crippen LogP) is 14.5. The van der Waals surface area contributed by atoms with Crippen LogP contribution >= 0.6 is 0 Å². The quantitative estimate of drug-likeness (QED) is 0.149. The van der Waals surface area contributed by atoms with Crippen LogP contribution in [0.15, 0.2) is 217 Å². The zero-order valence-corrected chi connectivity index (χ0v) is 33.9. The van der Waals surface area contributed by atoms with Gasteiger partial charge in [0.2, 0.25) is 0 Å². The largest absolute Gasteiger partial charge is 0.456 e. The van der Waals surface area contributed by atoms with E-state index in [1.807, 2.05) is 60.7 Å². The van der Waals surface area contributed by atoms with Gasteiger partial charge in [0.1, 0.15) is 11.2 Å². The van der Waals surface area contributed by atoms with Crippen molar-refractivity contribution in [3.8, 4) is 78.7 Å². The summed E-state index contributed by atoms with van der Waals surface area (Å²) in [5, 5.41) is 2.13. The monoisotopic (exact) mass is 805 g/mol. The van der Waals surface area contributed by atoms with Crippen molar-refractivity contribution in [3.05, 3.63) is 212 Å². The van der Waals surface area contributed by atoms with Crippen molar-refractivity contribution >= 4 is 44.0 Å². The van der Waals surface area contributed by atoms with E-state index in [0.717, 1.165) is 99.6 Å². The highest BCUT2D eigenvalue weighted by molar-refractivity contribution is 6.09. The summed E-state index contributed by atoms with van der Waals surface area (Å²) in [4.78, 5) is 25.1. The Labute approximate surface area is 362 Å². The van der Waals surface area contributed by atoms with E-state index in [2.05, 4.69) is 152 Å². The van der Waals surface area contributed by atoms with Crippen LogP contribution in [0.5, 0.6) is 0 Å². The number of furan rings is 1. The van der Waals surface area contributed by atoms with Crippen LogP contribution in [0.25, 0.3) is 123 Å². The molecular formula is C57H35N5O. The zero-order chi connectivity index (χ0) is 41.7. The molecule has 63 heavy (non-hydrogen) atoms. The van der Waals surface area contributed by atoms with Gasteiger partial charge in [-0.2, -0.15) is 0 Å².